The maximum atomic E-state index is 3.96. The van der Waals surface area contributed by atoms with Crippen molar-refractivity contribution in [1.82, 2.24) is 10.2 Å². The Balaban J connectivity index is 2.06. The van der Waals surface area contributed by atoms with Crippen molar-refractivity contribution < 1.29 is 0 Å². The van der Waals surface area contributed by atoms with Crippen LogP contribution in [0.2, 0.25) is 0 Å². The van der Waals surface area contributed by atoms with Crippen molar-refractivity contribution in [2.24, 2.45) is 0 Å². The third-order valence-electron chi connectivity index (χ3n) is 2.44. The Morgan fingerprint density at radius 1 is 1.21 bits per heavy atom. The minimum atomic E-state index is 0.500. The van der Waals surface area contributed by atoms with Crippen LogP contribution in [0, 0.1) is 0 Å². The molecule has 1 heterocycles. The number of H-pyrrole nitrogens is 1. The van der Waals surface area contributed by atoms with Crippen LogP contribution in [0.3, 0.4) is 0 Å². The lowest BCUT2D eigenvalue weighted by atomic mass is 9.98. The lowest BCUT2D eigenvalue weighted by molar-refractivity contribution is 0.725. The van der Waals surface area contributed by atoms with Crippen LogP contribution in [0.15, 0.2) is 42.6 Å². The zero-order chi connectivity index (χ0) is 9.80. The van der Waals surface area contributed by atoms with Gasteiger partial charge in [-0.05, 0) is 18.1 Å². The molecule has 2 aromatic rings. The summed E-state index contributed by atoms with van der Waals surface area (Å²) in [6.45, 7) is 2.21. The lowest BCUT2D eigenvalue weighted by Gasteiger charge is -2.08. The van der Waals surface area contributed by atoms with Crippen molar-refractivity contribution in [1.29, 1.82) is 0 Å². The summed E-state index contributed by atoms with van der Waals surface area (Å²) in [4.78, 5) is 0. The average Bonchev–Trinajstić information content (AvgIpc) is 2.72. The standard InChI is InChI=1S/C12H14N2/c1-10(12-7-8-13-14-12)9-11-5-3-2-4-6-11/h2-8,10H,9H2,1H3,(H,13,14). The summed E-state index contributed by atoms with van der Waals surface area (Å²) in [5.41, 5.74) is 2.57. The number of nitrogens with one attached hydrogen (secondary N) is 1. The van der Waals surface area contributed by atoms with Gasteiger partial charge in [0.2, 0.25) is 0 Å². The maximum absolute atomic E-state index is 3.96. The van der Waals surface area contributed by atoms with Crippen molar-refractivity contribution >= 4 is 0 Å². The van der Waals surface area contributed by atoms with Gasteiger partial charge in [-0.2, -0.15) is 5.10 Å². The minimum absolute atomic E-state index is 0.500. The predicted molar refractivity (Wildman–Crippen MR) is 57.1 cm³/mol. The Labute approximate surface area is 84.0 Å². The van der Waals surface area contributed by atoms with Crippen LogP contribution in [-0.4, -0.2) is 10.2 Å². The van der Waals surface area contributed by atoms with Gasteiger partial charge in [-0.3, -0.25) is 5.10 Å². The number of hydrogen-bond acceptors (Lipinski definition) is 1. The number of nitrogens with zero attached hydrogens (tertiary/aromatic N) is 1. The van der Waals surface area contributed by atoms with Crippen LogP contribution in [0.4, 0.5) is 0 Å². The molecule has 0 spiro atoms. The minimum Gasteiger partial charge on any atom is -0.282 e. The van der Waals surface area contributed by atoms with E-state index in [1.54, 1.807) is 6.20 Å². The second-order valence-corrected chi connectivity index (χ2v) is 3.60. The molecule has 1 unspecified atom stereocenters. The number of rotatable bonds is 3. The Morgan fingerprint density at radius 2 is 2.00 bits per heavy atom. The number of benzene rings is 1. The maximum Gasteiger partial charge on any atom is 0.0490 e. The topological polar surface area (TPSA) is 28.7 Å². The van der Waals surface area contributed by atoms with E-state index in [4.69, 9.17) is 0 Å². The molecule has 0 aliphatic rings. The molecule has 0 aliphatic carbocycles. The molecule has 0 fully saturated rings. The highest BCUT2D eigenvalue weighted by molar-refractivity contribution is 5.18. The molecule has 0 amide bonds. The van der Waals surface area contributed by atoms with Crippen molar-refractivity contribution in [2.45, 2.75) is 19.3 Å². The van der Waals surface area contributed by atoms with Gasteiger partial charge in [-0.25, -0.2) is 0 Å². The third kappa shape index (κ3) is 2.02. The van der Waals surface area contributed by atoms with Gasteiger partial charge in [0.05, 0.1) is 0 Å². The van der Waals surface area contributed by atoms with E-state index in [1.165, 1.54) is 11.3 Å². The summed E-state index contributed by atoms with van der Waals surface area (Å²) in [7, 11) is 0. The van der Waals surface area contributed by atoms with Crippen LogP contribution in [0.1, 0.15) is 24.1 Å². The largest absolute Gasteiger partial charge is 0.282 e. The molecule has 0 aliphatic heterocycles. The molecule has 0 saturated heterocycles. The fourth-order valence-electron chi connectivity index (χ4n) is 1.62. The molecule has 2 nitrogen and oxygen atoms in total. The Hall–Kier alpha value is -1.57. The van der Waals surface area contributed by atoms with Crippen LogP contribution in [0.25, 0.3) is 0 Å². The molecule has 1 N–H and O–H groups in total. The highest BCUT2D eigenvalue weighted by Crippen LogP contribution is 2.17. The zero-order valence-electron chi connectivity index (χ0n) is 8.27. The first kappa shape index (κ1) is 9.00. The van der Waals surface area contributed by atoms with E-state index in [1.807, 2.05) is 12.1 Å². The highest BCUT2D eigenvalue weighted by Gasteiger charge is 2.06. The predicted octanol–water partition coefficient (Wildman–Crippen LogP) is 2.76. The van der Waals surface area contributed by atoms with Gasteiger partial charge < -0.3 is 0 Å². The first-order valence-corrected chi connectivity index (χ1v) is 4.89. The molecule has 1 aromatic heterocycles. The fraction of sp³-hybridized carbons (Fsp3) is 0.250. The summed E-state index contributed by atoms with van der Waals surface area (Å²) < 4.78 is 0. The lowest BCUT2D eigenvalue weighted by Crippen LogP contribution is -1.98. The van der Waals surface area contributed by atoms with Crippen molar-refractivity contribution in [3.63, 3.8) is 0 Å². The molecular formula is C12H14N2. The molecule has 2 rings (SSSR count). The van der Waals surface area contributed by atoms with E-state index in [2.05, 4.69) is 41.4 Å². The van der Waals surface area contributed by atoms with Gasteiger partial charge in [0, 0.05) is 17.8 Å². The molecule has 14 heavy (non-hydrogen) atoms. The van der Waals surface area contributed by atoms with E-state index < -0.39 is 0 Å². The number of aromatic amines is 1. The quantitative estimate of drug-likeness (QED) is 0.784. The molecule has 0 saturated carbocycles. The van der Waals surface area contributed by atoms with Gasteiger partial charge in [0.15, 0.2) is 0 Å². The summed E-state index contributed by atoms with van der Waals surface area (Å²) in [5, 5.41) is 6.97. The van der Waals surface area contributed by atoms with Gasteiger partial charge in [0.25, 0.3) is 0 Å². The van der Waals surface area contributed by atoms with Crippen LogP contribution in [0.5, 0.6) is 0 Å². The zero-order valence-corrected chi connectivity index (χ0v) is 8.27. The first-order valence-electron chi connectivity index (χ1n) is 4.89. The molecule has 0 bridgehead atoms. The van der Waals surface area contributed by atoms with E-state index in [9.17, 15) is 0 Å². The highest BCUT2D eigenvalue weighted by atomic mass is 15.1. The summed E-state index contributed by atoms with van der Waals surface area (Å²) in [5.74, 6) is 0.500. The van der Waals surface area contributed by atoms with Crippen LogP contribution in [-0.2, 0) is 6.42 Å². The van der Waals surface area contributed by atoms with Gasteiger partial charge >= 0.3 is 0 Å². The van der Waals surface area contributed by atoms with Crippen molar-refractivity contribution in [3.05, 3.63) is 53.9 Å². The van der Waals surface area contributed by atoms with Gasteiger partial charge in [0.1, 0.15) is 0 Å². The molecule has 1 aromatic carbocycles. The van der Waals surface area contributed by atoms with Gasteiger partial charge in [-0.15, -0.1) is 0 Å². The van der Waals surface area contributed by atoms with E-state index in [0.717, 1.165) is 6.42 Å². The van der Waals surface area contributed by atoms with E-state index in [0.29, 0.717) is 5.92 Å². The first-order chi connectivity index (χ1) is 6.86. The second kappa shape index (κ2) is 4.09. The average molecular weight is 186 g/mol. The second-order valence-electron chi connectivity index (χ2n) is 3.60. The van der Waals surface area contributed by atoms with Crippen LogP contribution >= 0.6 is 0 Å². The molecule has 0 radical (unpaired) electrons. The summed E-state index contributed by atoms with van der Waals surface area (Å²) >= 11 is 0. The van der Waals surface area contributed by atoms with Crippen molar-refractivity contribution in [3.8, 4) is 0 Å². The summed E-state index contributed by atoms with van der Waals surface area (Å²) in [6.07, 6.45) is 2.86. The number of hydrogen-bond donors (Lipinski definition) is 1. The van der Waals surface area contributed by atoms with Crippen molar-refractivity contribution in [2.75, 3.05) is 0 Å². The fourth-order valence-corrected chi connectivity index (χ4v) is 1.62. The SMILES string of the molecule is CC(Cc1ccccc1)c1ccn[nH]1. The Kier molecular flexibility index (Phi) is 2.63. The Morgan fingerprint density at radius 3 is 2.64 bits per heavy atom. The molecule has 1 atom stereocenters. The van der Waals surface area contributed by atoms with E-state index in [-0.39, 0.29) is 0 Å². The smallest absolute Gasteiger partial charge is 0.0490 e. The number of aromatic nitrogens is 2. The van der Waals surface area contributed by atoms with Crippen LogP contribution < -0.4 is 0 Å². The molecule has 2 heteroatoms. The normalized spacial score (nSPS) is 12.6. The van der Waals surface area contributed by atoms with E-state index >= 15 is 0 Å². The monoisotopic (exact) mass is 186 g/mol. The van der Waals surface area contributed by atoms with Gasteiger partial charge in [-0.1, -0.05) is 37.3 Å². The Bertz CT molecular complexity index is 364. The third-order valence-corrected chi connectivity index (χ3v) is 2.44. The molecule has 72 valence electrons. The molecular weight excluding hydrogens is 172 g/mol. The summed E-state index contributed by atoms with van der Waals surface area (Å²) in [6, 6.07) is 12.6.